The SMILES string of the molecule is Cc1ccc(NC(=O)C2CCc3nc(N4CCCCC4)ncc3C2)cc1. The summed E-state index contributed by atoms with van der Waals surface area (Å²) in [6.07, 6.45) is 8.12. The van der Waals surface area contributed by atoms with Crippen molar-refractivity contribution < 1.29 is 4.79 Å². The van der Waals surface area contributed by atoms with E-state index in [-0.39, 0.29) is 11.8 Å². The molecule has 26 heavy (non-hydrogen) atoms. The largest absolute Gasteiger partial charge is 0.341 e. The number of carbonyl (C=O) groups is 1. The van der Waals surface area contributed by atoms with Crippen LogP contribution in [0.25, 0.3) is 0 Å². The number of aryl methyl sites for hydroxylation is 2. The minimum atomic E-state index is -0.00626. The lowest BCUT2D eigenvalue weighted by molar-refractivity contribution is -0.120. The first-order chi connectivity index (χ1) is 12.7. The van der Waals surface area contributed by atoms with E-state index in [0.717, 1.165) is 55.2 Å². The minimum absolute atomic E-state index is 0.00626. The fourth-order valence-corrected chi connectivity index (χ4v) is 3.85. The standard InChI is InChI=1S/C21H26N4O/c1-15-5-8-18(9-6-15)23-20(26)16-7-10-19-17(13-16)14-22-21(24-19)25-11-3-2-4-12-25/h5-6,8-9,14,16H,2-4,7,10-13H2,1H3,(H,23,26). The van der Waals surface area contributed by atoms with Gasteiger partial charge in [0, 0.05) is 36.6 Å². The average molecular weight is 350 g/mol. The topological polar surface area (TPSA) is 58.1 Å². The smallest absolute Gasteiger partial charge is 0.227 e. The van der Waals surface area contributed by atoms with Crippen molar-refractivity contribution >= 4 is 17.5 Å². The highest BCUT2D eigenvalue weighted by molar-refractivity contribution is 5.92. The molecule has 136 valence electrons. The van der Waals surface area contributed by atoms with E-state index in [1.165, 1.54) is 24.8 Å². The Bertz CT molecular complexity index is 781. The van der Waals surface area contributed by atoms with E-state index < -0.39 is 0 Å². The molecule has 0 bridgehead atoms. The molecule has 2 aliphatic rings. The number of piperidine rings is 1. The van der Waals surface area contributed by atoms with E-state index in [1.807, 2.05) is 37.4 Å². The van der Waals surface area contributed by atoms with Gasteiger partial charge in [0.1, 0.15) is 0 Å². The zero-order chi connectivity index (χ0) is 17.9. The summed E-state index contributed by atoms with van der Waals surface area (Å²) in [7, 11) is 0. The van der Waals surface area contributed by atoms with E-state index >= 15 is 0 Å². The van der Waals surface area contributed by atoms with Gasteiger partial charge in [0.25, 0.3) is 0 Å². The highest BCUT2D eigenvalue weighted by Gasteiger charge is 2.27. The van der Waals surface area contributed by atoms with Gasteiger partial charge in [-0.2, -0.15) is 0 Å². The number of carbonyl (C=O) groups excluding carboxylic acids is 1. The summed E-state index contributed by atoms with van der Waals surface area (Å²) in [6, 6.07) is 7.94. The first-order valence-electron chi connectivity index (χ1n) is 9.66. The van der Waals surface area contributed by atoms with E-state index in [0.29, 0.717) is 0 Å². The second kappa shape index (κ2) is 7.44. The molecule has 0 radical (unpaired) electrons. The van der Waals surface area contributed by atoms with Crippen LogP contribution in [0.3, 0.4) is 0 Å². The Labute approximate surface area is 154 Å². The highest BCUT2D eigenvalue weighted by atomic mass is 16.1. The molecule has 1 fully saturated rings. The van der Waals surface area contributed by atoms with Crippen LogP contribution in [-0.2, 0) is 17.6 Å². The maximum absolute atomic E-state index is 12.6. The van der Waals surface area contributed by atoms with Crippen LogP contribution in [0.2, 0.25) is 0 Å². The van der Waals surface area contributed by atoms with Crippen molar-refractivity contribution in [2.45, 2.75) is 45.4 Å². The summed E-state index contributed by atoms with van der Waals surface area (Å²) in [5.74, 6) is 0.957. The minimum Gasteiger partial charge on any atom is -0.341 e. The quantitative estimate of drug-likeness (QED) is 0.920. The van der Waals surface area contributed by atoms with Crippen molar-refractivity contribution in [3.8, 4) is 0 Å². The maximum Gasteiger partial charge on any atom is 0.227 e. The number of fused-ring (bicyclic) bond motifs is 1. The average Bonchev–Trinajstić information content (AvgIpc) is 2.69. The van der Waals surface area contributed by atoms with Gasteiger partial charge >= 0.3 is 0 Å². The van der Waals surface area contributed by atoms with E-state index in [1.54, 1.807) is 0 Å². The van der Waals surface area contributed by atoms with Gasteiger partial charge in [-0.3, -0.25) is 4.79 Å². The van der Waals surface area contributed by atoms with Crippen molar-refractivity contribution in [2.24, 2.45) is 5.92 Å². The Morgan fingerprint density at radius 2 is 1.92 bits per heavy atom. The normalized spacial score (nSPS) is 19.7. The Morgan fingerprint density at radius 3 is 2.69 bits per heavy atom. The highest BCUT2D eigenvalue weighted by Crippen LogP contribution is 2.27. The molecule has 2 heterocycles. The molecule has 1 aliphatic heterocycles. The second-order valence-electron chi connectivity index (χ2n) is 7.48. The Balaban J connectivity index is 1.42. The fourth-order valence-electron chi connectivity index (χ4n) is 3.85. The molecular formula is C21H26N4O. The van der Waals surface area contributed by atoms with E-state index in [4.69, 9.17) is 4.98 Å². The zero-order valence-electron chi connectivity index (χ0n) is 15.4. The van der Waals surface area contributed by atoms with Crippen LogP contribution in [-0.4, -0.2) is 29.0 Å². The number of rotatable bonds is 3. The van der Waals surface area contributed by atoms with E-state index in [2.05, 4.69) is 15.2 Å². The zero-order valence-corrected chi connectivity index (χ0v) is 15.4. The number of nitrogens with one attached hydrogen (secondary N) is 1. The van der Waals surface area contributed by atoms with Gasteiger partial charge in [-0.1, -0.05) is 17.7 Å². The van der Waals surface area contributed by atoms with Gasteiger partial charge in [0.2, 0.25) is 11.9 Å². The summed E-state index contributed by atoms with van der Waals surface area (Å²) in [5, 5.41) is 3.04. The molecule has 0 spiro atoms. The van der Waals surface area contributed by atoms with Crippen LogP contribution < -0.4 is 10.2 Å². The first kappa shape index (κ1) is 17.0. The summed E-state index contributed by atoms with van der Waals surface area (Å²) >= 11 is 0. The first-order valence-corrected chi connectivity index (χ1v) is 9.66. The monoisotopic (exact) mass is 350 g/mol. The molecule has 1 amide bonds. The molecule has 4 rings (SSSR count). The Kier molecular flexibility index (Phi) is 4.87. The van der Waals surface area contributed by atoms with Gasteiger partial charge in [-0.15, -0.1) is 0 Å². The van der Waals surface area contributed by atoms with Crippen LogP contribution in [0.1, 0.15) is 42.5 Å². The summed E-state index contributed by atoms with van der Waals surface area (Å²) in [4.78, 5) is 24.3. The van der Waals surface area contributed by atoms with E-state index in [9.17, 15) is 4.79 Å². The van der Waals surface area contributed by atoms with Crippen molar-refractivity contribution in [1.29, 1.82) is 0 Å². The lowest BCUT2D eigenvalue weighted by atomic mass is 9.86. The maximum atomic E-state index is 12.6. The number of nitrogens with zero attached hydrogens (tertiary/aromatic N) is 3. The van der Waals surface area contributed by atoms with Gasteiger partial charge in [-0.05, 0) is 63.1 Å². The third kappa shape index (κ3) is 3.71. The van der Waals surface area contributed by atoms with Crippen LogP contribution in [0, 0.1) is 12.8 Å². The van der Waals surface area contributed by atoms with Crippen LogP contribution >= 0.6 is 0 Å². The molecule has 5 heteroatoms. The molecule has 1 atom stereocenters. The number of hydrogen-bond acceptors (Lipinski definition) is 4. The molecule has 1 aromatic heterocycles. The third-order valence-corrected chi connectivity index (χ3v) is 5.47. The summed E-state index contributed by atoms with van der Waals surface area (Å²) < 4.78 is 0. The Morgan fingerprint density at radius 1 is 1.15 bits per heavy atom. The third-order valence-electron chi connectivity index (χ3n) is 5.47. The summed E-state index contributed by atoms with van der Waals surface area (Å²) in [5.41, 5.74) is 4.31. The van der Waals surface area contributed by atoms with Crippen molar-refractivity contribution in [1.82, 2.24) is 9.97 Å². The van der Waals surface area contributed by atoms with Crippen LogP contribution in [0.15, 0.2) is 30.5 Å². The van der Waals surface area contributed by atoms with Crippen LogP contribution in [0.4, 0.5) is 11.6 Å². The van der Waals surface area contributed by atoms with Crippen molar-refractivity contribution in [3.05, 3.63) is 47.3 Å². The second-order valence-corrected chi connectivity index (χ2v) is 7.48. The predicted molar refractivity (Wildman–Crippen MR) is 103 cm³/mol. The molecule has 5 nitrogen and oxygen atoms in total. The molecule has 2 aromatic rings. The number of anilines is 2. The molecule has 1 aliphatic carbocycles. The van der Waals surface area contributed by atoms with Crippen LogP contribution in [0.5, 0.6) is 0 Å². The number of benzene rings is 1. The Hall–Kier alpha value is -2.43. The van der Waals surface area contributed by atoms with Crippen molar-refractivity contribution in [2.75, 3.05) is 23.3 Å². The fraction of sp³-hybridized carbons (Fsp3) is 0.476. The molecule has 1 saturated heterocycles. The van der Waals surface area contributed by atoms with Gasteiger partial charge in [-0.25, -0.2) is 9.97 Å². The number of hydrogen-bond donors (Lipinski definition) is 1. The lowest BCUT2D eigenvalue weighted by Gasteiger charge is -2.28. The van der Waals surface area contributed by atoms with Crippen molar-refractivity contribution in [3.63, 3.8) is 0 Å². The molecule has 1 N–H and O–H groups in total. The number of amides is 1. The van der Waals surface area contributed by atoms with Gasteiger partial charge in [0.15, 0.2) is 0 Å². The summed E-state index contributed by atoms with van der Waals surface area (Å²) in [6.45, 7) is 4.16. The van der Waals surface area contributed by atoms with Gasteiger partial charge in [0.05, 0.1) is 0 Å². The lowest BCUT2D eigenvalue weighted by Crippen LogP contribution is -2.32. The predicted octanol–water partition coefficient (Wildman–Crippen LogP) is 3.52. The molecule has 0 saturated carbocycles. The van der Waals surface area contributed by atoms with Gasteiger partial charge < -0.3 is 10.2 Å². The molecule has 1 unspecified atom stereocenters. The number of aromatic nitrogens is 2. The molecule has 1 aromatic carbocycles. The molecular weight excluding hydrogens is 324 g/mol.